The minimum atomic E-state index is -3.63. The molecule has 1 N–H and O–H groups in total. The van der Waals surface area contributed by atoms with Gasteiger partial charge < -0.3 is 10.2 Å². The van der Waals surface area contributed by atoms with Crippen molar-refractivity contribution in [1.29, 1.82) is 0 Å². The van der Waals surface area contributed by atoms with E-state index in [2.05, 4.69) is 5.32 Å². The second kappa shape index (κ2) is 13.8. The van der Waals surface area contributed by atoms with E-state index in [0.29, 0.717) is 27.7 Å². The van der Waals surface area contributed by atoms with Crippen LogP contribution in [0.4, 0.5) is 5.69 Å². The highest BCUT2D eigenvalue weighted by Gasteiger charge is 2.30. The molecule has 7 nitrogen and oxygen atoms in total. The van der Waals surface area contributed by atoms with Gasteiger partial charge in [0.25, 0.3) is 0 Å². The SMILES string of the molecule is CNC(=O)C(Cc1ccccc1)N(Cc1cccc(Cl)c1)C(=O)CCCN(c1cccc(Cl)c1C)S(C)(=O)=O. The van der Waals surface area contributed by atoms with Gasteiger partial charge in [0.15, 0.2) is 0 Å². The topological polar surface area (TPSA) is 86.8 Å². The Morgan fingerprint density at radius 3 is 2.26 bits per heavy atom. The zero-order valence-corrected chi connectivity index (χ0v) is 24.6. The van der Waals surface area contributed by atoms with E-state index in [4.69, 9.17) is 23.2 Å². The van der Waals surface area contributed by atoms with Crippen LogP contribution in [0.3, 0.4) is 0 Å². The first-order valence-corrected chi connectivity index (χ1v) is 15.1. The van der Waals surface area contributed by atoms with Crippen molar-refractivity contribution in [3.63, 3.8) is 0 Å². The molecule has 1 atom stereocenters. The number of nitrogens with zero attached hydrogens (tertiary/aromatic N) is 2. The fourth-order valence-electron chi connectivity index (χ4n) is 4.40. The lowest BCUT2D eigenvalue weighted by Crippen LogP contribution is -2.49. The van der Waals surface area contributed by atoms with Crippen LogP contribution in [-0.2, 0) is 32.6 Å². The van der Waals surface area contributed by atoms with Crippen molar-refractivity contribution >= 4 is 50.7 Å². The van der Waals surface area contributed by atoms with Gasteiger partial charge in [0.05, 0.1) is 11.9 Å². The first-order valence-electron chi connectivity index (χ1n) is 12.5. The van der Waals surface area contributed by atoms with Crippen molar-refractivity contribution in [3.05, 3.63) is 99.5 Å². The predicted molar refractivity (Wildman–Crippen MR) is 158 cm³/mol. The third-order valence-corrected chi connectivity index (χ3v) is 8.24. The minimum absolute atomic E-state index is 0.0362. The van der Waals surface area contributed by atoms with Gasteiger partial charge in [-0.1, -0.05) is 71.7 Å². The monoisotopic (exact) mass is 589 g/mol. The molecule has 0 saturated heterocycles. The minimum Gasteiger partial charge on any atom is -0.357 e. The molecule has 0 aliphatic heterocycles. The number of benzene rings is 3. The molecule has 0 spiro atoms. The number of sulfonamides is 1. The third kappa shape index (κ3) is 8.46. The summed E-state index contributed by atoms with van der Waals surface area (Å²) in [6.07, 6.45) is 1.73. The summed E-state index contributed by atoms with van der Waals surface area (Å²) < 4.78 is 26.5. The Morgan fingerprint density at radius 2 is 1.62 bits per heavy atom. The molecule has 208 valence electrons. The second-order valence-corrected chi connectivity index (χ2v) is 12.0. The molecule has 0 aliphatic rings. The van der Waals surface area contributed by atoms with Gasteiger partial charge in [0.1, 0.15) is 6.04 Å². The Kier molecular flexibility index (Phi) is 10.8. The molecule has 0 aliphatic carbocycles. The van der Waals surface area contributed by atoms with Crippen molar-refractivity contribution in [2.24, 2.45) is 0 Å². The molecule has 10 heteroatoms. The lowest BCUT2D eigenvalue weighted by molar-refractivity contribution is -0.141. The fourth-order valence-corrected chi connectivity index (χ4v) is 5.80. The molecular weight excluding hydrogens is 557 g/mol. The molecule has 0 heterocycles. The highest BCUT2D eigenvalue weighted by molar-refractivity contribution is 7.92. The Labute approximate surface area is 240 Å². The van der Waals surface area contributed by atoms with Crippen molar-refractivity contribution in [3.8, 4) is 0 Å². The molecule has 3 rings (SSSR count). The first-order chi connectivity index (χ1) is 18.5. The number of carbonyl (C=O) groups is 2. The van der Waals surface area contributed by atoms with E-state index in [1.54, 1.807) is 55.3 Å². The van der Waals surface area contributed by atoms with E-state index in [0.717, 1.165) is 17.4 Å². The zero-order chi connectivity index (χ0) is 28.6. The van der Waals surface area contributed by atoms with Gasteiger partial charge in [-0.15, -0.1) is 0 Å². The quantitative estimate of drug-likeness (QED) is 0.313. The van der Waals surface area contributed by atoms with E-state index in [1.807, 2.05) is 36.4 Å². The molecule has 0 aromatic heterocycles. The van der Waals surface area contributed by atoms with Crippen LogP contribution in [0.2, 0.25) is 10.0 Å². The van der Waals surface area contributed by atoms with E-state index in [-0.39, 0.29) is 37.7 Å². The molecule has 3 aromatic carbocycles. The van der Waals surface area contributed by atoms with Crippen LogP contribution >= 0.6 is 23.2 Å². The highest BCUT2D eigenvalue weighted by atomic mass is 35.5. The fraction of sp³-hybridized carbons (Fsp3) is 0.310. The largest absolute Gasteiger partial charge is 0.357 e. The Bertz CT molecular complexity index is 1400. The summed E-state index contributed by atoms with van der Waals surface area (Å²) in [6.45, 7) is 2.01. The Balaban J connectivity index is 1.86. The normalized spacial score (nSPS) is 12.0. The summed E-state index contributed by atoms with van der Waals surface area (Å²) in [4.78, 5) is 28.3. The van der Waals surface area contributed by atoms with Crippen LogP contribution < -0.4 is 9.62 Å². The van der Waals surface area contributed by atoms with Gasteiger partial charge in [-0.2, -0.15) is 0 Å². The number of amides is 2. The van der Waals surface area contributed by atoms with Gasteiger partial charge in [-0.25, -0.2) is 8.42 Å². The first kappa shape index (κ1) is 30.5. The van der Waals surface area contributed by atoms with Crippen molar-refractivity contribution in [1.82, 2.24) is 10.2 Å². The lowest BCUT2D eigenvalue weighted by Gasteiger charge is -2.32. The average Bonchev–Trinajstić information content (AvgIpc) is 2.90. The zero-order valence-electron chi connectivity index (χ0n) is 22.2. The number of rotatable bonds is 12. The van der Waals surface area contributed by atoms with Crippen LogP contribution in [0.25, 0.3) is 0 Å². The molecule has 0 radical (unpaired) electrons. The van der Waals surface area contributed by atoms with Crippen LogP contribution in [0.15, 0.2) is 72.8 Å². The number of anilines is 1. The van der Waals surface area contributed by atoms with E-state index >= 15 is 0 Å². The summed E-state index contributed by atoms with van der Waals surface area (Å²) in [5.74, 6) is -0.558. The van der Waals surface area contributed by atoms with Gasteiger partial charge in [-0.3, -0.25) is 13.9 Å². The lowest BCUT2D eigenvalue weighted by atomic mass is 10.0. The summed E-state index contributed by atoms with van der Waals surface area (Å²) in [5.41, 5.74) is 2.81. The van der Waals surface area contributed by atoms with E-state index in [9.17, 15) is 18.0 Å². The smallest absolute Gasteiger partial charge is 0.242 e. The van der Waals surface area contributed by atoms with Crippen LogP contribution in [-0.4, -0.2) is 51.0 Å². The maximum atomic E-state index is 13.7. The van der Waals surface area contributed by atoms with Crippen molar-refractivity contribution < 1.29 is 18.0 Å². The summed E-state index contributed by atoms with van der Waals surface area (Å²) in [5, 5.41) is 3.67. The average molecular weight is 591 g/mol. The number of hydrogen-bond donors (Lipinski definition) is 1. The number of hydrogen-bond acceptors (Lipinski definition) is 4. The van der Waals surface area contributed by atoms with Crippen LogP contribution in [0.5, 0.6) is 0 Å². The van der Waals surface area contributed by atoms with Gasteiger partial charge in [0, 0.05) is 43.0 Å². The van der Waals surface area contributed by atoms with Gasteiger partial charge in [-0.05, 0) is 54.3 Å². The van der Waals surface area contributed by atoms with E-state index < -0.39 is 16.1 Å². The molecule has 3 aromatic rings. The summed E-state index contributed by atoms with van der Waals surface area (Å²) in [6, 6.07) is 20.9. The molecule has 0 bridgehead atoms. The van der Waals surface area contributed by atoms with E-state index in [1.165, 1.54) is 4.31 Å². The number of carbonyl (C=O) groups excluding carboxylic acids is 2. The van der Waals surface area contributed by atoms with Crippen molar-refractivity contribution in [2.45, 2.75) is 38.8 Å². The van der Waals surface area contributed by atoms with Gasteiger partial charge >= 0.3 is 0 Å². The maximum absolute atomic E-state index is 13.7. The Morgan fingerprint density at radius 1 is 0.949 bits per heavy atom. The Hall–Kier alpha value is -3.07. The summed E-state index contributed by atoms with van der Waals surface area (Å²) >= 11 is 12.4. The number of halogens is 2. The predicted octanol–water partition coefficient (Wildman–Crippen LogP) is 5.23. The molecule has 39 heavy (non-hydrogen) atoms. The molecule has 2 amide bonds. The number of likely N-dealkylation sites (N-methyl/N-ethyl adjacent to an activating group) is 1. The van der Waals surface area contributed by atoms with Crippen molar-refractivity contribution in [2.75, 3.05) is 24.2 Å². The standard InChI is InChI=1S/C29H33Cl2N3O4S/c1-21-25(31)14-8-15-26(21)34(39(3,37)38)17-9-16-28(35)33(20-23-12-7-13-24(30)18-23)27(29(36)32-2)19-22-10-5-4-6-11-22/h4-8,10-15,18,27H,9,16-17,19-20H2,1-3H3,(H,32,36). The number of nitrogens with one attached hydrogen (secondary N) is 1. The molecule has 0 saturated carbocycles. The third-order valence-electron chi connectivity index (χ3n) is 6.42. The maximum Gasteiger partial charge on any atom is 0.242 e. The summed E-state index contributed by atoms with van der Waals surface area (Å²) in [7, 11) is -2.09. The molecular formula is C29H33Cl2N3O4S. The van der Waals surface area contributed by atoms with Gasteiger partial charge in [0.2, 0.25) is 21.8 Å². The molecule has 1 unspecified atom stereocenters. The second-order valence-electron chi connectivity index (χ2n) is 9.29. The van der Waals surface area contributed by atoms with Crippen LogP contribution in [0, 0.1) is 6.92 Å². The highest BCUT2D eigenvalue weighted by Crippen LogP contribution is 2.28. The van der Waals surface area contributed by atoms with Crippen LogP contribution in [0.1, 0.15) is 29.5 Å². The molecule has 0 fully saturated rings.